The zero-order valence-electron chi connectivity index (χ0n) is 16.1. The van der Waals surface area contributed by atoms with E-state index < -0.39 is 0 Å². The van der Waals surface area contributed by atoms with Crippen molar-refractivity contribution in [1.82, 2.24) is 19.5 Å². The van der Waals surface area contributed by atoms with E-state index in [1.807, 2.05) is 26.0 Å². The molecule has 2 aromatic heterocycles. The van der Waals surface area contributed by atoms with E-state index in [4.69, 9.17) is 9.72 Å². The second-order valence-electron chi connectivity index (χ2n) is 7.38. The van der Waals surface area contributed by atoms with Gasteiger partial charge in [-0.15, -0.1) is 0 Å². The van der Waals surface area contributed by atoms with Crippen LogP contribution in [0.3, 0.4) is 0 Å². The number of nitrogens with zero attached hydrogens (tertiary/aromatic N) is 4. The lowest BCUT2D eigenvalue weighted by Crippen LogP contribution is -2.35. The Bertz CT molecular complexity index is 1100. The number of hydrogen-bond donors (Lipinski definition) is 1. The summed E-state index contributed by atoms with van der Waals surface area (Å²) in [6, 6.07) is 10.3. The van der Waals surface area contributed by atoms with Gasteiger partial charge in [0, 0.05) is 37.0 Å². The van der Waals surface area contributed by atoms with Crippen molar-refractivity contribution < 1.29 is 4.74 Å². The van der Waals surface area contributed by atoms with Gasteiger partial charge in [-0.25, -0.2) is 9.50 Å². The van der Waals surface area contributed by atoms with E-state index >= 15 is 0 Å². The van der Waals surface area contributed by atoms with Gasteiger partial charge in [-0.1, -0.05) is 32.0 Å². The highest BCUT2D eigenvalue weighted by Crippen LogP contribution is 2.27. The van der Waals surface area contributed by atoms with E-state index in [2.05, 4.69) is 28.2 Å². The van der Waals surface area contributed by atoms with Gasteiger partial charge in [0.2, 0.25) is 0 Å². The molecule has 28 heavy (non-hydrogen) atoms. The number of ether oxygens (including phenoxy) is 1. The minimum atomic E-state index is -0.157. The third-order valence-electron chi connectivity index (χ3n) is 5.11. The summed E-state index contributed by atoms with van der Waals surface area (Å²) in [7, 11) is 0. The van der Waals surface area contributed by atoms with E-state index in [1.54, 1.807) is 0 Å². The summed E-state index contributed by atoms with van der Waals surface area (Å²) in [5.74, 6) is 0.00337. The minimum absolute atomic E-state index is 0.00337. The third-order valence-corrected chi connectivity index (χ3v) is 5.11. The van der Waals surface area contributed by atoms with Crippen LogP contribution in [-0.2, 0) is 11.3 Å². The summed E-state index contributed by atoms with van der Waals surface area (Å²) < 4.78 is 6.78. The molecular formula is C21H23N5O2. The molecular weight excluding hydrogens is 354 g/mol. The molecule has 3 aromatic rings. The maximum atomic E-state index is 13.1. The van der Waals surface area contributed by atoms with Gasteiger partial charge in [0.25, 0.3) is 5.56 Å². The number of morpholine rings is 1. The average Bonchev–Trinajstić information content (AvgIpc) is 3.12. The number of benzene rings is 1. The lowest BCUT2D eigenvalue weighted by Gasteiger charge is -2.26. The average molecular weight is 377 g/mol. The lowest BCUT2D eigenvalue weighted by atomic mass is 9.97. The Balaban J connectivity index is 1.81. The molecule has 0 aliphatic carbocycles. The molecule has 0 radical (unpaired) electrons. The summed E-state index contributed by atoms with van der Waals surface area (Å²) in [6.07, 6.45) is 1.52. The number of aromatic nitrogens is 3. The predicted molar refractivity (Wildman–Crippen MR) is 106 cm³/mol. The molecule has 0 saturated carbocycles. The van der Waals surface area contributed by atoms with Crippen LogP contribution in [0.25, 0.3) is 16.9 Å². The van der Waals surface area contributed by atoms with Crippen molar-refractivity contribution in [3.8, 4) is 17.3 Å². The molecule has 1 N–H and O–H groups in total. The molecule has 1 aliphatic rings. The molecule has 144 valence electrons. The number of nitriles is 1. The highest BCUT2D eigenvalue weighted by atomic mass is 16.5. The smallest absolute Gasteiger partial charge is 0.276 e. The molecule has 0 bridgehead atoms. The number of fused-ring (bicyclic) bond motifs is 1. The first kappa shape index (κ1) is 18.4. The van der Waals surface area contributed by atoms with Gasteiger partial charge < -0.3 is 4.74 Å². The molecule has 3 heterocycles. The maximum absolute atomic E-state index is 13.1. The van der Waals surface area contributed by atoms with E-state index in [9.17, 15) is 10.1 Å². The molecule has 0 amide bonds. The first-order chi connectivity index (χ1) is 13.6. The Hall–Kier alpha value is -2.95. The summed E-state index contributed by atoms with van der Waals surface area (Å²) in [6.45, 7) is 8.17. The van der Waals surface area contributed by atoms with Gasteiger partial charge in [-0.3, -0.25) is 14.8 Å². The topological polar surface area (TPSA) is 86.4 Å². The molecule has 1 aromatic carbocycles. The molecule has 7 nitrogen and oxygen atoms in total. The van der Waals surface area contributed by atoms with Crippen molar-refractivity contribution in [1.29, 1.82) is 5.26 Å². The van der Waals surface area contributed by atoms with Crippen molar-refractivity contribution in [2.45, 2.75) is 26.3 Å². The molecule has 1 fully saturated rings. The summed E-state index contributed by atoms with van der Waals surface area (Å²) in [5, 5.41) is 12.2. The summed E-state index contributed by atoms with van der Waals surface area (Å²) >= 11 is 0. The molecule has 1 saturated heterocycles. The Morgan fingerprint density at radius 1 is 1.32 bits per heavy atom. The first-order valence-electron chi connectivity index (χ1n) is 9.52. The van der Waals surface area contributed by atoms with Crippen molar-refractivity contribution >= 4 is 5.65 Å². The zero-order valence-corrected chi connectivity index (χ0v) is 16.1. The molecule has 7 heteroatoms. The van der Waals surface area contributed by atoms with Crippen LogP contribution >= 0.6 is 0 Å². The van der Waals surface area contributed by atoms with Gasteiger partial charge >= 0.3 is 0 Å². The fraction of sp³-hybridized carbons (Fsp3) is 0.381. The Morgan fingerprint density at radius 3 is 2.82 bits per heavy atom. The Kier molecular flexibility index (Phi) is 4.99. The van der Waals surface area contributed by atoms with Crippen LogP contribution in [0.4, 0.5) is 0 Å². The van der Waals surface area contributed by atoms with Crippen LogP contribution in [0.1, 0.15) is 36.5 Å². The number of rotatable bonds is 4. The van der Waals surface area contributed by atoms with Crippen molar-refractivity contribution in [3.05, 3.63) is 57.5 Å². The number of aromatic amines is 1. The Labute approximate surface area is 163 Å². The van der Waals surface area contributed by atoms with Crippen LogP contribution < -0.4 is 5.56 Å². The largest absolute Gasteiger partial charge is 0.379 e. The molecule has 0 unspecified atom stereocenters. The van der Waals surface area contributed by atoms with Gasteiger partial charge in [0.05, 0.1) is 18.9 Å². The maximum Gasteiger partial charge on any atom is 0.276 e. The third kappa shape index (κ3) is 3.33. The summed E-state index contributed by atoms with van der Waals surface area (Å²) in [4.78, 5) is 20.1. The molecule has 1 aliphatic heterocycles. The Morgan fingerprint density at radius 2 is 2.11 bits per heavy atom. The lowest BCUT2D eigenvalue weighted by molar-refractivity contribution is 0.0342. The van der Waals surface area contributed by atoms with Gasteiger partial charge in [0.15, 0.2) is 5.65 Å². The highest BCUT2D eigenvalue weighted by molar-refractivity contribution is 5.68. The van der Waals surface area contributed by atoms with Crippen molar-refractivity contribution in [3.63, 3.8) is 0 Å². The van der Waals surface area contributed by atoms with Crippen LogP contribution in [0, 0.1) is 11.3 Å². The first-order valence-corrected chi connectivity index (χ1v) is 9.52. The number of H-pyrrole nitrogens is 1. The highest BCUT2D eigenvalue weighted by Gasteiger charge is 2.20. The van der Waals surface area contributed by atoms with Gasteiger partial charge in [-0.05, 0) is 17.5 Å². The van der Waals surface area contributed by atoms with Crippen LogP contribution in [-0.4, -0.2) is 45.8 Å². The van der Waals surface area contributed by atoms with Crippen LogP contribution in [0.5, 0.6) is 0 Å². The van der Waals surface area contributed by atoms with Gasteiger partial charge in [-0.2, -0.15) is 5.26 Å². The fourth-order valence-electron chi connectivity index (χ4n) is 3.69. The van der Waals surface area contributed by atoms with E-state index in [1.165, 1.54) is 16.3 Å². The molecule has 4 rings (SSSR count). The molecule has 0 atom stereocenters. The van der Waals surface area contributed by atoms with Crippen molar-refractivity contribution in [2.24, 2.45) is 0 Å². The summed E-state index contributed by atoms with van der Waals surface area (Å²) in [5.41, 5.74) is 3.94. The molecule has 0 spiro atoms. The van der Waals surface area contributed by atoms with Crippen LogP contribution in [0.2, 0.25) is 0 Å². The van der Waals surface area contributed by atoms with Crippen molar-refractivity contribution in [2.75, 3.05) is 26.3 Å². The number of nitrogens with one attached hydrogen (secondary N) is 1. The van der Waals surface area contributed by atoms with E-state index in [0.29, 0.717) is 22.5 Å². The predicted octanol–water partition coefficient (Wildman–Crippen LogP) is 2.52. The monoisotopic (exact) mass is 377 g/mol. The SMILES string of the molecule is CC(C)c1c(-c2cccc(CN3CCOCC3)c2)nc2c(C#N)c[nH]n2c1=O. The number of hydrogen-bond acceptors (Lipinski definition) is 5. The second-order valence-corrected chi connectivity index (χ2v) is 7.38. The minimum Gasteiger partial charge on any atom is -0.379 e. The zero-order chi connectivity index (χ0) is 19.7. The fourth-order valence-corrected chi connectivity index (χ4v) is 3.69. The standard InChI is InChI=1S/C21H23N5O2/c1-14(2)18-19(24-20-17(11-22)12-23-26(20)21(18)27)16-5-3-4-15(10-16)13-25-6-8-28-9-7-25/h3-5,10,12,14,23H,6-9,13H2,1-2H3. The quantitative estimate of drug-likeness (QED) is 0.755. The van der Waals surface area contributed by atoms with Crippen LogP contribution in [0.15, 0.2) is 35.3 Å². The van der Waals surface area contributed by atoms with E-state index in [-0.39, 0.29) is 11.5 Å². The normalized spacial score (nSPS) is 15.2. The van der Waals surface area contributed by atoms with E-state index in [0.717, 1.165) is 38.4 Å². The van der Waals surface area contributed by atoms with Gasteiger partial charge in [0.1, 0.15) is 11.6 Å². The second kappa shape index (κ2) is 7.58.